The second-order valence-corrected chi connectivity index (χ2v) is 3.90. The standard InChI is InChI=1S/C12H23NO3/c1-2-3-4-5-6-7-8-9-10-11-12-16-13(14)15/h10-11H,2-9,12H2,1H3. The average Bonchev–Trinajstić information content (AvgIpc) is 2.25. The highest BCUT2D eigenvalue weighted by molar-refractivity contribution is 4.80. The molecule has 0 bridgehead atoms. The van der Waals surface area contributed by atoms with Crippen LogP contribution in [0.25, 0.3) is 0 Å². The van der Waals surface area contributed by atoms with Crippen molar-refractivity contribution in [1.82, 2.24) is 0 Å². The van der Waals surface area contributed by atoms with Gasteiger partial charge < -0.3 is 4.84 Å². The second kappa shape index (κ2) is 12.0. The van der Waals surface area contributed by atoms with Gasteiger partial charge >= 0.3 is 0 Å². The molecule has 0 amide bonds. The van der Waals surface area contributed by atoms with Crippen LogP contribution in [0.1, 0.15) is 58.3 Å². The first-order valence-electron chi connectivity index (χ1n) is 6.19. The summed E-state index contributed by atoms with van der Waals surface area (Å²) in [7, 11) is 0. The van der Waals surface area contributed by atoms with Crippen molar-refractivity contribution in [3.63, 3.8) is 0 Å². The van der Waals surface area contributed by atoms with Crippen LogP contribution in [-0.2, 0) is 4.84 Å². The zero-order chi connectivity index (χ0) is 12.1. The molecule has 0 N–H and O–H groups in total. The molecule has 0 aliphatic rings. The van der Waals surface area contributed by atoms with Crippen molar-refractivity contribution in [1.29, 1.82) is 0 Å². The molecular formula is C12H23NO3. The molecule has 16 heavy (non-hydrogen) atoms. The Bertz CT molecular complexity index is 193. The highest BCUT2D eigenvalue weighted by Gasteiger charge is 1.90. The first-order valence-corrected chi connectivity index (χ1v) is 6.19. The molecule has 0 fully saturated rings. The first kappa shape index (κ1) is 14.9. The molecular weight excluding hydrogens is 206 g/mol. The normalized spacial score (nSPS) is 10.8. The summed E-state index contributed by atoms with van der Waals surface area (Å²) in [6.07, 6.45) is 13.7. The fourth-order valence-corrected chi connectivity index (χ4v) is 1.51. The third-order valence-corrected chi connectivity index (χ3v) is 2.42. The zero-order valence-electron chi connectivity index (χ0n) is 10.2. The molecule has 0 saturated carbocycles. The fourth-order valence-electron chi connectivity index (χ4n) is 1.51. The van der Waals surface area contributed by atoms with Crippen LogP contribution in [0.5, 0.6) is 0 Å². The van der Waals surface area contributed by atoms with E-state index in [1.807, 2.05) is 6.08 Å². The van der Waals surface area contributed by atoms with E-state index in [0.717, 1.165) is 6.42 Å². The Balaban J connectivity index is 3.05. The highest BCUT2D eigenvalue weighted by Crippen LogP contribution is 2.08. The largest absolute Gasteiger partial charge is 0.310 e. The SMILES string of the molecule is CCCCCCCCCC=CCO[N+](=O)[O-]. The van der Waals surface area contributed by atoms with Gasteiger partial charge in [0.1, 0.15) is 6.61 Å². The van der Waals surface area contributed by atoms with Crippen LogP contribution in [0, 0.1) is 10.1 Å². The predicted molar refractivity (Wildman–Crippen MR) is 64.7 cm³/mol. The van der Waals surface area contributed by atoms with Crippen molar-refractivity contribution < 1.29 is 9.92 Å². The van der Waals surface area contributed by atoms with E-state index in [1.54, 1.807) is 6.08 Å². The molecule has 4 heteroatoms. The Labute approximate surface area is 97.8 Å². The fraction of sp³-hybridized carbons (Fsp3) is 0.833. The van der Waals surface area contributed by atoms with E-state index in [4.69, 9.17) is 0 Å². The van der Waals surface area contributed by atoms with Gasteiger partial charge in [0.05, 0.1) is 0 Å². The van der Waals surface area contributed by atoms with Gasteiger partial charge in [-0.1, -0.05) is 57.6 Å². The molecule has 0 rings (SSSR count). The lowest BCUT2D eigenvalue weighted by molar-refractivity contribution is -0.755. The Hall–Kier alpha value is -1.06. The van der Waals surface area contributed by atoms with Gasteiger partial charge in [-0.25, -0.2) is 0 Å². The topological polar surface area (TPSA) is 52.4 Å². The van der Waals surface area contributed by atoms with Crippen LogP contribution < -0.4 is 0 Å². The van der Waals surface area contributed by atoms with E-state index in [2.05, 4.69) is 11.8 Å². The van der Waals surface area contributed by atoms with Crippen molar-refractivity contribution >= 4 is 0 Å². The number of rotatable bonds is 11. The van der Waals surface area contributed by atoms with Gasteiger partial charge in [0.15, 0.2) is 0 Å². The minimum Gasteiger partial charge on any atom is -0.310 e. The van der Waals surface area contributed by atoms with Crippen molar-refractivity contribution in [2.24, 2.45) is 0 Å². The van der Waals surface area contributed by atoms with Crippen molar-refractivity contribution in [2.45, 2.75) is 58.3 Å². The van der Waals surface area contributed by atoms with E-state index in [0.29, 0.717) is 0 Å². The van der Waals surface area contributed by atoms with Crippen molar-refractivity contribution in [2.75, 3.05) is 6.61 Å². The van der Waals surface area contributed by atoms with Crippen LogP contribution >= 0.6 is 0 Å². The van der Waals surface area contributed by atoms with Gasteiger partial charge in [-0.3, -0.25) is 0 Å². The molecule has 0 aromatic carbocycles. The van der Waals surface area contributed by atoms with Crippen LogP contribution in [0.2, 0.25) is 0 Å². The quantitative estimate of drug-likeness (QED) is 0.234. The number of hydrogen-bond acceptors (Lipinski definition) is 3. The van der Waals surface area contributed by atoms with Crippen molar-refractivity contribution in [3.8, 4) is 0 Å². The van der Waals surface area contributed by atoms with E-state index in [9.17, 15) is 10.1 Å². The molecule has 0 spiro atoms. The van der Waals surface area contributed by atoms with Gasteiger partial charge in [0, 0.05) is 0 Å². The summed E-state index contributed by atoms with van der Waals surface area (Å²) < 4.78 is 0. The monoisotopic (exact) mass is 229 g/mol. The molecule has 0 aromatic heterocycles. The summed E-state index contributed by atoms with van der Waals surface area (Å²) in [4.78, 5) is 14.0. The lowest BCUT2D eigenvalue weighted by Gasteiger charge is -1.98. The molecule has 0 aromatic rings. The molecule has 0 radical (unpaired) electrons. The summed E-state index contributed by atoms with van der Waals surface area (Å²) in [6, 6.07) is 0. The Morgan fingerprint density at radius 2 is 1.69 bits per heavy atom. The Morgan fingerprint density at radius 1 is 1.06 bits per heavy atom. The van der Waals surface area contributed by atoms with Crippen LogP contribution in [0.15, 0.2) is 12.2 Å². The van der Waals surface area contributed by atoms with Gasteiger partial charge in [0.2, 0.25) is 0 Å². The lowest BCUT2D eigenvalue weighted by atomic mass is 10.1. The molecule has 0 atom stereocenters. The molecule has 0 unspecified atom stereocenters. The maximum absolute atomic E-state index is 9.81. The minimum atomic E-state index is -0.766. The van der Waals surface area contributed by atoms with Gasteiger partial charge in [-0.2, -0.15) is 0 Å². The Kier molecular flexibility index (Phi) is 11.2. The minimum absolute atomic E-state index is 0.0729. The van der Waals surface area contributed by atoms with E-state index >= 15 is 0 Å². The smallest absolute Gasteiger partial charge is 0.294 e. The maximum Gasteiger partial charge on any atom is 0.294 e. The molecule has 94 valence electrons. The summed E-state index contributed by atoms with van der Waals surface area (Å²) in [6.45, 7) is 2.29. The third kappa shape index (κ3) is 12.9. The van der Waals surface area contributed by atoms with Crippen LogP contribution in [0.3, 0.4) is 0 Å². The molecule has 0 aliphatic carbocycles. The van der Waals surface area contributed by atoms with Crippen molar-refractivity contribution in [3.05, 3.63) is 22.3 Å². The maximum atomic E-state index is 9.81. The molecule has 0 saturated heterocycles. The molecule has 4 nitrogen and oxygen atoms in total. The summed E-state index contributed by atoms with van der Waals surface area (Å²) in [5.41, 5.74) is 0. The van der Waals surface area contributed by atoms with E-state index < -0.39 is 5.09 Å². The van der Waals surface area contributed by atoms with Crippen LogP contribution in [0.4, 0.5) is 0 Å². The highest BCUT2D eigenvalue weighted by atomic mass is 16.9. The van der Waals surface area contributed by atoms with Crippen LogP contribution in [-0.4, -0.2) is 11.7 Å². The predicted octanol–water partition coefficient (Wildman–Crippen LogP) is 3.89. The van der Waals surface area contributed by atoms with Gasteiger partial charge in [0.25, 0.3) is 5.09 Å². The number of allylic oxidation sites excluding steroid dienone is 1. The summed E-state index contributed by atoms with van der Waals surface area (Å²) >= 11 is 0. The zero-order valence-corrected chi connectivity index (χ0v) is 10.2. The number of hydrogen-bond donors (Lipinski definition) is 0. The number of nitrogens with zero attached hydrogens (tertiary/aromatic N) is 1. The summed E-state index contributed by atoms with van der Waals surface area (Å²) in [5.74, 6) is 0. The first-order chi connectivity index (χ1) is 7.77. The third-order valence-electron chi connectivity index (χ3n) is 2.42. The van der Waals surface area contributed by atoms with E-state index in [1.165, 1.54) is 44.9 Å². The molecule has 0 heterocycles. The number of unbranched alkanes of at least 4 members (excludes halogenated alkanes) is 7. The Morgan fingerprint density at radius 3 is 2.31 bits per heavy atom. The van der Waals surface area contributed by atoms with Gasteiger partial charge in [-0.15, -0.1) is 10.1 Å². The van der Waals surface area contributed by atoms with E-state index in [-0.39, 0.29) is 6.61 Å². The average molecular weight is 229 g/mol. The van der Waals surface area contributed by atoms with Gasteiger partial charge in [-0.05, 0) is 12.8 Å². The summed E-state index contributed by atoms with van der Waals surface area (Å²) in [5, 5.41) is 9.04. The lowest BCUT2D eigenvalue weighted by Crippen LogP contribution is -1.99. The molecule has 0 aliphatic heterocycles. The second-order valence-electron chi connectivity index (χ2n) is 3.90.